The lowest BCUT2D eigenvalue weighted by atomic mass is 10.2. The maximum absolute atomic E-state index is 4.42. The highest BCUT2D eigenvalue weighted by Gasteiger charge is 2.04. The van der Waals surface area contributed by atoms with Gasteiger partial charge in [0.25, 0.3) is 0 Å². The second kappa shape index (κ2) is 4.35. The molecule has 0 atom stereocenters. The lowest BCUT2D eigenvalue weighted by Gasteiger charge is -2.12. The summed E-state index contributed by atoms with van der Waals surface area (Å²) in [6.45, 7) is 0.770. The summed E-state index contributed by atoms with van der Waals surface area (Å²) in [5, 5.41) is 4.03. The van der Waals surface area contributed by atoms with Crippen LogP contribution in [0, 0.1) is 0 Å². The maximum atomic E-state index is 4.42. The van der Waals surface area contributed by atoms with E-state index in [0.717, 1.165) is 12.4 Å². The summed E-state index contributed by atoms with van der Waals surface area (Å²) in [4.78, 5) is 0. The van der Waals surface area contributed by atoms with Crippen LogP contribution in [-0.4, -0.2) is 10.9 Å². The molecule has 0 fully saturated rings. The zero-order valence-corrected chi connectivity index (χ0v) is 8.07. The summed E-state index contributed by atoms with van der Waals surface area (Å²) in [5.41, 5.74) is 5.68. The molecule has 0 saturated heterocycles. The van der Waals surface area contributed by atoms with Crippen LogP contribution in [0.1, 0.15) is 5.56 Å². The van der Waals surface area contributed by atoms with Crippen molar-refractivity contribution in [1.29, 1.82) is 0 Å². The van der Waals surface area contributed by atoms with Crippen LogP contribution in [0.5, 0.6) is 0 Å². The van der Waals surface area contributed by atoms with Crippen LogP contribution < -0.4 is 5.43 Å². The average molecular weight is 191 g/mol. The van der Waals surface area contributed by atoms with E-state index in [1.165, 1.54) is 5.56 Å². The average Bonchev–Trinajstić information content (AvgIpc) is 2.69. The van der Waals surface area contributed by atoms with E-state index in [1.807, 2.05) is 29.4 Å². The first-order chi connectivity index (χ1) is 6.45. The van der Waals surface area contributed by atoms with E-state index in [9.17, 15) is 0 Å². The van der Waals surface area contributed by atoms with Crippen molar-refractivity contribution in [3.63, 3.8) is 0 Å². The van der Waals surface area contributed by atoms with Crippen molar-refractivity contribution in [2.75, 3.05) is 5.88 Å². The smallest absolute Gasteiger partial charge is 0.0850 e. The minimum atomic E-state index is 0.770. The number of thioether (sulfide) groups is 1. The quantitative estimate of drug-likeness (QED) is 0.728. The highest BCUT2D eigenvalue weighted by atomic mass is 32.2. The molecule has 0 aromatic heterocycles. The van der Waals surface area contributed by atoms with Gasteiger partial charge in [-0.3, -0.25) is 5.01 Å². The predicted octanol–water partition coefficient (Wildman–Crippen LogP) is 2.18. The third-order valence-corrected chi connectivity index (χ3v) is 2.54. The van der Waals surface area contributed by atoms with Gasteiger partial charge in [-0.1, -0.05) is 30.3 Å². The summed E-state index contributed by atoms with van der Waals surface area (Å²) in [6, 6.07) is 10.3. The maximum Gasteiger partial charge on any atom is 0.0850 e. The summed E-state index contributed by atoms with van der Waals surface area (Å²) in [7, 11) is 0. The molecule has 2 nitrogen and oxygen atoms in total. The Kier molecular flexibility index (Phi) is 2.90. The van der Waals surface area contributed by atoms with Gasteiger partial charge in [-0.15, -0.1) is 17.2 Å². The molecule has 0 spiro atoms. The Balaban J connectivity index is 1.82. The minimum absolute atomic E-state index is 0.770. The first-order valence-corrected chi connectivity index (χ1v) is 5.26. The van der Waals surface area contributed by atoms with Crippen molar-refractivity contribution >= 4 is 11.8 Å². The first kappa shape index (κ1) is 8.66. The second-order valence-corrected chi connectivity index (χ2v) is 3.67. The number of hydrogen-bond donors (Lipinski definition) is 0. The fourth-order valence-electron chi connectivity index (χ4n) is 1.12. The molecule has 0 amide bonds. The fraction of sp³-hybridized carbons (Fsp3) is 0.200. The third kappa shape index (κ3) is 2.50. The Morgan fingerprint density at radius 2 is 2.15 bits per heavy atom. The van der Waals surface area contributed by atoms with Crippen LogP contribution in [0.3, 0.4) is 0 Å². The molecule has 0 unspecified atom stereocenters. The molecule has 1 aliphatic rings. The zero-order valence-electron chi connectivity index (χ0n) is 7.26. The Bertz CT molecular complexity index is 284. The van der Waals surface area contributed by atoms with Crippen molar-refractivity contribution in [2.24, 2.45) is 0 Å². The van der Waals surface area contributed by atoms with Crippen molar-refractivity contribution in [1.82, 2.24) is 10.4 Å². The van der Waals surface area contributed by atoms with Gasteiger partial charge in [0.2, 0.25) is 0 Å². The van der Waals surface area contributed by atoms with E-state index in [0.29, 0.717) is 0 Å². The number of hydrogen-bond acceptors (Lipinski definition) is 2. The van der Waals surface area contributed by atoms with Crippen LogP contribution >= 0.6 is 11.8 Å². The molecule has 2 rings (SSSR count). The first-order valence-electron chi connectivity index (χ1n) is 4.21. The Labute approximate surface area is 82.6 Å². The molecule has 1 aromatic rings. The SMILES string of the molecule is C1=CN([N]Cc2ccccc2)CS1. The minimum Gasteiger partial charge on any atom is -0.287 e. The van der Waals surface area contributed by atoms with Crippen LogP contribution in [0.25, 0.3) is 0 Å². The number of rotatable bonds is 3. The van der Waals surface area contributed by atoms with E-state index >= 15 is 0 Å². The molecule has 1 aliphatic heterocycles. The summed E-state index contributed by atoms with van der Waals surface area (Å²) in [6.07, 6.45) is 2.01. The number of benzene rings is 1. The standard InChI is InChI=1S/C10H11N2S/c1-2-4-10(5-3-1)8-11-12-6-7-13-9-12/h1-7H,8-9H2. The van der Waals surface area contributed by atoms with Crippen LogP contribution in [0.4, 0.5) is 0 Å². The van der Waals surface area contributed by atoms with Gasteiger partial charge in [0.1, 0.15) is 0 Å². The van der Waals surface area contributed by atoms with E-state index < -0.39 is 0 Å². The fourth-order valence-corrected chi connectivity index (χ4v) is 1.75. The van der Waals surface area contributed by atoms with Crippen molar-refractivity contribution in [2.45, 2.75) is 6.54 Å². The normalized spacial score (nSPS) is 15.2. The van der Waals surface area contributed by atoms with Gasteiger partial charge in [-0.25, -0.2) is 0 Å². The summed E-state index contributed by atoms with van der Waals surface area (Å²) in [5.74, 6) is 0.951. The van der Waals surface area contributed by atoms with Crippen molar-refractivity contribution in [3.05, 3.63) is 47.5 Å². The molecule has 0 N–H and O–H groups in total. The van der Waals surface area contributed by atoms with Crippen LogP contribution in [-0.2, 0) is 6.54 Å². The molecule has 0 aliphatic carbocycles. The number of nitrogens with zero attached hydrogens (tertiary/aromatic N) is 2. The molecular weight excluding hydrogens is 180 g/mol. The van der Waals surface area contributed by atoms with E-state index in [4.69, 9.17) is 0 Å². The molecule has 0 bridgehead atoms. The van der Waals surface area contributed by atoms with Crippen molar-refractivity contribution < 1.29 is 0 Å². The zero-order chi connectivity index (χ0) is 8.93. The highest BCUT2D eigenvalue weighted by molar-refractivity contribution is 8.02. The molecule has 13 heavy (non-hydrogen) atoms. The topological polar surface area (TPSA) is 17.3 Å². The summed E-state index contributed by atoms with van der Waals surface area (Å²) < 4.78 is 0. The largest absolute Gasteiger partial charge is 0.287 e. The lowest BCUT2D eigenvalue weighted by molar-refractivity contribution is 0.305. The van der Waals surface area contributed by atoms with Gasteiger partial charge in [-0.2, -0.15) is 0 Å². The molecule has 0 saturated carbocycles. The Hall–Kier alpha value is -0.930. The molecule has 1 heterocycles. The highest BCUT2D eigenvalue weighted by Crippen LogP contribution is 2.13. The van der Waals surface area contributed by atoms with Crippen LogP contribution in [0.2, 0.25) is 0 Å². The Morgan fingerprint density at radius 3 is 2.85 bits per heavy atom. The van der Waals surface area contributed by atoms with Gasteiger partial charge in [-0.05, 0) is 11.0 Å². The van der Waals surface area contributed by atoms with E-state index in [2.05, 4.69) is 23.0 Å². The van der Waals surface area contributed by atoms with Gasteiger partial charge in [0.15, 0.2) is 0 Å². The predicted molar refractivity (Wildman–Crippen MR) is 55.7 cm³/mol. The van der Waals surface area contributed by atoms with Gasteiger partial charge >= 0.3 is 0 Å². The molecule has 1 aromatic carbocycles. The third-order valence-electron chi connectivity index (χ3n) is 1.81. The molecule has 3 heteroatoms. The van der Waals surface area contributed by atoms with Gasteiger partial charge in [0.05, 0.1) is 12.4 Å². The van der Waals surface area contributed by atoms with Gasteiger partial charge < -0.3 is 0 Å². The molecule has 67 valence electrons. The van der Waals surface area contributed by atoms with Crippen LogP contribution in [0.15, 0.2) is 41.9 Å². The van der Waals surface area contributed by atoms with Gasteiger partial charge in [0, 0.05) is 6.20 Å². The second-order valence-electron chi connectivity index (χ2n) is 2.81. The molecular formula is C10H11N2S. The Morgan fingerprint density at radius 1 is 1.31 bits per heavy atom. The molecule has 1 radical (unpaired) electrons. The monoisotopic (exact) mass is 191 g/mol. The van der Waals surface area contributed by atoms with Crippen molar-refractivity contribution in [3.8, 4) is 0 Å². The van der Waals surface area contributed by atoms with E-state index in [-0.39, 0.29) is 0 Å². The van der Waals surface area contributed by atoms with E-state index in [1.54, 1.807) is 11.8 Å². The lowest BCUT2D eigenvalue weighted by Crippen LogP contribution is -2.23. The summed E-state index contributed by atoms with van der Waals surface area (Å²) >= 11 is 1.77.